The van der Waals surface area contributed by atoms with E-state index in [0.717, 1.165) is 25.2 Å². The molecular weight excluding hydrogens is 378 g/mol. The standard InChI is InChI=1S/C17H17NO8S/c1-24-11-7-8-14(27(21,22)23)13(10-11)18-9-5-4-6-12(16(19)25-2)15(18)17(20)26-3/h4-10H,1-3H3,(H,21,22,23). The zero-order valence-electron chi connectivity index (χ0n) is 14.7. The van der Waals surface area contributed by atoms with Crippen molar-refractivity contribution in [3.05, 3.63) is 53.9 Å². The second-order valence-electron chi connectivity index (χ2n) is 5.12. The summed E-state index contributed by atoms with van der Waals surface area (Å²) < 4.78 is 47.8. The van der Waals surface area contributed by atoms with Crippen LogP contribution in [-0.2, 0) is 29.2 Å². The largest absolute Gasteiger partial charge is 0.497 e. The molecule has 1 heterocycles. The molecule has 0 spiro atoms. The molecule has 0 saturated heterocycles. The first-order valence-electron chi connectivity index (χ1n) is 7.45. The summed E-state index contributed by atoms with van der Waals surface area (Å²) in [4.78, 5) is 25.2. The molecule has 10 heteroatoms. The molecule has 1 aliphatic rings. The molecule has 27 heavy (non-hydrogen) atoms. The molecule has 1 aromatic rings. The zero-order valence-corrected chi connectivity index (χ0v) is 15.5. The summed E-state index contributed by atoms with van der Waals surface area (Å²) in [6.45, 7) is 0. The van der Waals surface area contributed by atoms with Crippen molar-refractivity contribution >= 4 is 27.7 Å². The van der Waals surface area contributed by atoms with Crippen LogP contribution in [0, 0.1) is 0 Å². The van der Waals surface area contributed by atoms with Crippen LogP contribution in [0.3, 0.4) is 0 Å². The van der Waals surface area contributed by atoms with Crippen LogP contribution in [0.5, 0.6) is 5.75 Å². The molecule has 1 aromatic carbocycles. The smallest absolute Gasteiger partial charge is 0.355 e. The second-order valence-corrected chi connectivity index (χ2v) is 6.51. The quantitative estimate of drug-likeness (QED) is 0.583. The van der Waals surface area contributed by atoms with Crippen molar-refractivity contribution in [2.24, 2.45) is 0 Å². The van der Waals surface area contributed by atoms with Gasteiger partial charge < -0.3 is 19.1 Å². The van der Waals surface area contributed by atoms with Gasteiger partial charge in [0.2, 0.25) is 0 Å². The van der Waals surface area contributed by atoms with Crippen molar-refractivity contribution in [1.82, 2.24) is 0 Å². The monoisotopic (exact) mass is 395 g/mol. The Bertz CT molecular complexity index is 959. The van der Waals surface area contributed by atoms with Gasteiger partial charge in [0.15, 0.2) is 0 Å². The fourth-order valence-electron chi connectivity index (χ4n) is 2.38. The van der Waals surface area contributed by atoms with E-state index < -0.39 is 27.0 Å². The Hall–Kier alpha value is -3.11. The lowest BCUT2D eigenvalue weighted by Crippen LogP contribution is -2.28. The molecule has 144 valence electrons. The number of anilines is 1. The van der Waals surface area contributed by atoms with Gasteiger partial charge in [-0.05, 0) is 24.3 Å². The fourth-order valence-corrected chi connectivity index (χ4v) is 3.04. The Kier molecular flexibility index (Phi) is 6.03. The molecule has 2 rings (SSSR count). The molecule has 0 atom stereocenters. The third-order valence-electron chi connectivity index (χ3n) is 3.59. The van der Waals surface area contributed by atoms with Gasteiger partial charge in [0.05, 0.1) is 32.6 Å². The highest BCUT2D eigenvalue weighted by atomic mass is 32.2. The first-order valence-corrected chi connectivity index (χ1v) is 8.89. The Balaban J connectivity index is 2.86. The Morgan fingerprint density at radius 2 is 1.70 bits per heavy atom. The maximum Gasteiger partial charge on any atom is 0.355 e. The minimum Gasteiger partial charge on any atom is -0.497 e. The fraction of sp³-hybridized carbons (Fsp3) is 0.176. The molecule has 0 amide bonds. The van der Waals surface area contributed by atoms with Gasteiger partial charge in [-0.25, -0.2) is 9.59 Å². The van der Waals surface area contributed by atoms with Gasteiger partial charge in [0.25, 0.3) is 10.1 Å². The van der Waals surface area contributed by atoms with Gasteiger partial charge in [-0.2, -0.15) is 8.42 Å². The minimum atomic E-state index is -4.66. The zero-order chi connectivity index (χ0) is 20.2. The van der Waals surface area contributed by atoms with E-state index in [0.29, 0.717) is 0 Å². The molecule has 0 aromatic heterocycles. The highest BCUT2D eigenvalue weighted by Crippen LogP contribution is 2.34. The normalized spacial score (nSPS) is 14.0. The number of methoxy groups -OCH3 is 3. The molecule has 9 nitrogen and oxygen atoms in total. The van der Waals surface area contributed by atoms with Gasteiger partial charge in [0.1, 0.15) is 16.3 Å². The second kappa shape index (κ2) is 8.06. The van der Waals surface area contributed by atoms with Crippen molar-refractivity contribution in [3.63, 3.8) is 0 Å². The summed E-state index contributed by atoms with van der Waals surface area (Å²) in [6, 6.07) is 3.73. The number of ether oxygens (including phenoxy) is 3. The molecule has 0 bridgehead atoms. The highest BCUT2D eigenvalue weighted by Gasteiger charge is 2.30. The van der Waals surface area contributed by atoms with Crippen LogP contribution in [0.25, 0.3) is 0 Å². The number of carbonyl (C=O) groups excluding carboxylic acids is 2. The maximum absolute atomic E-state index is 12.4. The maximum atomic E-state index is 12.4. The van der Waals surface area contributed by atoms with E-state index in [1.807, 2.05) is 0 Å². The van der Waals surface area contributed by atoms with Gasteiger partial charge in [-0.3, -0.25) is 4.55 Å². The summed E-state index contributed by atoms with van der Waals surface area (Å²) >= 11 is 0. The van der Waals surface area contributed by atoms with E-state index in [1.54, 1.807) is 0 Å². The van der Waals surface area contributed by atoms with Crippen molar-refractivity contribution < 1.29 is 36.8 Å². The topological polar surface area (TPSA) is 119 Å². The summed E-state index contributed by atoms with van der Waals surface area (Å²) in [6.07, 6.45) is 5.58. The molecule has 1 N–H and O–H groups in total. The first kappa shape index (κ1) is 20.2. The van der Waals surface area contributed by atoms with Crippen LogP contribution in [0.4, 0.5) is 5.69 Å². The van der Waals surface area contributed by atoms with Gasteiger partial charge in [0, 0.05) is 12.3 Å². The number of allylic oxidation sites excluding steroid dienone is 2. The Morgan fingerprint density at radius 1 is 1.04 bits per heavy atom. The summed E-state index contributed by atoms with van der Waals surface area (Å²) in [5.41, 5.74) is -0.593. The average molecular weight is 395 g/mol. The van der Waals surface area contributed by atoms with Gasteiger partial charge in [-0.1, -0.05) is 6.08 Å². The Morgan fingerprint density at radius 3 is 2.26 bits per heavy atom. The third-order valence-corrected chi connectivity index (χ3v) is 4.49. The lowest BCUT2D eigenvalue weighted by Gasteiger charge is -2.25. The van der Waals surface area contributed by atoms with Crippen LogP contribution in [0.2, 0.25) is 0 Å². The number of nitrogens with zero attached hydrogens (tertiary/aromatic N) is 1. The van der Waals surface area contributed by atoms with Crippen LogP contribution in [-0.4, -0.2) is 46.2 Å². The van der Waals surface area contributed by atoms with E-state index in [2.05, 4.69) is 0 Å². The number of hydrogen-bond donors (Lipinski definition) is 1. The van der Waals surface area contributed by atoms with Crippen LogP contribution in [0.15, 0.2) is 58.8 Å². The molecular formula is C17H17NO8S. The van der Waals surface area contributed by atoms with Crippen molar-refractivity contribution in [1.29, 1.82) is 0 Å². The lowest BCUT2D eigenvalue weighted by atomic mass is 10.1. The molecule has 0 radical (unpaired) electrons. The number of rotatable bonds is 5. The van der Waals surface area contributed by atoms with Crippen molar-refractivity contribution in [3.8, 4) is 5.75 Å². The predicted octanol–water partition coefficient (Wildman–Crippen LogP) is 1.43. The van der Waals surface area contributed by atoms with E-state index >= 15 is 0 Å². The number of benzene rings is 1. The van der Waals surface area contributed by atoms with E-state index in [1.165, 1.54) is 43.7 Å². The third kappa shape index (κ3) is 4.18. The Labute approximate surface area is 155 Å². The van der Waals surface area contributed by atoms with E-state index in [-0.39, 0.29) is 22.7 Å². The molecule has 1 aliphatic heterocycles. The van der Waals surface area contributed by atoms with Crippen molar-refractivity contribution in [2.75, 3.05) is 26.2 Å². The SMILES string of the molecule is COC(=O)C1=C(C(=O)OC)N(c2cc(OC)ccc2S(=O)(=O)O)C=CC=C1. The predicted molar refractivity (Wildman–Crippen MR) is 94.6 cm³/mol. The summed E-state index contributed by atoms with van der Waals surface area (Å²) in [7, 11) is -1.06. The first-order chi connectivity index (χ1) is 12.7. The summed E-state index contributed by atoms with van der Waals surface area (Å²) in [5.74, 6) is -1.50. The summed E-state index contributed by atoms with van der Waals surface area (Å²) in [5, 5.41) is 0. The lowest BCUT2D eigenvalue weighted by molar-refractivity contribution is -0.139. The number of hydrogen-bond acceptors (Lipinski definition) is 8. The number of carbonyl (C=O) groups is 2. The average Bonchev–Trinajstić information content (AvgIpc) is 2.88. The molecule has 0 saturated carbocycles. The van der Waals surface area contributed by atoms with Gasteiger partial charge >= 0.3 is 11.9 Å². The number of esters is 2. The van der Waals surface area contributed by atoms with Crippen molar-refractivity contribution in [2.45, 2.75) is 4.90 Å². The highest BCUT2D eigenvalue weighted by molar-refractivity contribution is 7.86. The van der Waals surface area contributed by atoms with Gasteiger partial charge in [-0.15, -0.1) is 0 Å². The minimum absolute atomic E-state index is 0.126. The molecule has 0 fully saturated rings. The van der Waals surface area contributed by atoms with E-state index in [9.17, 15) is 22.6 Å². The van der Waals surface area contributed by atoms with Crippen LogP contribution < -0.4 is 9.64 Å². The molecule has 0 aliphatic carbocycles. The van der Waals surface area contributed by atoms with Crippen LogP contribution in [0.1, 0.15) is 0 Å². The van der Waals surface area contributed by atoms with Crippen LogP contribution >= 0.6 is 0 Å². The molecule has 0 unspecified atom stereocenters. The van der Waals surface area contributed by atoms with E-state index in [4.69, 9.17) is 14.2 Å².